The molecule has 16 rings (SSSR count). The summed E-state index contributed by atoms with van der Waals surface area (Å²) in [6.45, 7) is 12.4. The Labute approximate surface area is 764 Å². The molecular formula is C84H70Cl8N14O16S4. The lowest BCUT2D eigenvalue weighted by Gasteiger charge is -2.35. The molecule has 1 unspecified atom stereocenters. The molecule has 4 aliphatic heterocycles. The molecule has 652 valence electrons. The Balaban J connectivity index is 0.000000144. The summed E-state index contributed by atoms with van der Waals surface area (Å²) in [6, 6.07) is 41.8. The van der Waals surface area contributed by atoms with Gasteiger partial charge in [0.2, 0.25) is 0 Å². The van der Waals surface area contributed by atoms with Gasteiger partial charge in [-0.25, -0.2) is 63.6 Å². The summed E-state index contributed by atoms with van der Waals surface area (Å²) in [4.78, 5) is 84.3. The van der Waals surface area contributed by atoms with Crippen LogP contribution in [0.1, 0.15) is 76.7 Å². The minimum Gasteiger partial charge on any atom is -0.490 e. The Morgan fingerprint density at radius 1 is 0.349 bits per heavy atom. The fourth-order valence-electron chi connectivity index (χ4n) is 12.8. The van der Waals surface area contributed by atoms with Gasteiger partial charge in [0, 0.05) is 57.3 Å². The molecule has 6 aromatic heterocycles. The molecule has 0 spiro atoms. The zero-order chi connectivity index (χ0) is 90.4. The van der Waals surface area contributed by atoms with Crippen LogP contribution in [0.25, 0.3) is 0 Å². The van der Waals surface area contributed by atoms with E-state index in [1.165, 1.54) is 149 Å². The Bertz CT molecular complexity index is 6620. The highest BCUT2D eigenvalue weighted by Gasteiger charge is 2.37. The number of aryl methyl sites for hydroxylation is 5. The number of sulfonamides is 4. The molecule has 126 heavy (non-hydrogen) atoms. The van der Waals surface area contributed by atoms with Crippen molar-refractivity contribution in [2.75, 3.05) is 84.5 Å². The van der Waals surface area contributed by atoms with E-state index in [1.807, 2.05) is 32.0 Å². The second kappa shape index (κ2) is 38.8. The van der Waals surface area contributed by atoms with Crippen LogP contribution in [0.15, 0.2) is 221 Å². The normalized spacial score (nSPS) is 13.9. The van der Waals surface area contributed by atoms with E-state index in [9.17, 15) is 52.8 Å². The number of benzene rings is 6. The molecule has 0 radical (unpaired) electrons. The van der Waals surface area contributed by atoms with E-state index < -0.39 is 63.7 Å². The lowest BCUT2D eigenvalue weighted by atomic mass is 10.1. The predicted octanol–water partition coefficient (Wildman–Crippen LogP) is 17.6. The van der Waals surface area contributed by atoms with Crippen molar-refractivity contribution in [2.24, 2.45) is 0 Å². The van der Waals surface area contributed by atoms with Crippen LogP contribution in [-0.4, -0.2) is 139 Å². The van der Waals surface area contributed by atoms with Crippen LogP contribution in [0.4, 0.5) is 45.8 Å². The third kappa shape index (κ3) is 21.1. The summed E-state index contributed by atoms with van der Waals surface area (Å²) >= 11 is 48.2. The highest BCUT2D eigenvalue weighted by Crippen LogP contribution is 2.40. The van der Waals surface area contributed by atoms with E-state index in [-0.39, 0.29) is 118 Å². The van der Waals surface area contributed by atoms with Crippen molar-refractivity contribution in [2.45, 2.75) is 67.2 Å². The number of amides is 4. The minimum absolute atomic E-state index is 0.00265. The summed E-state index contributed by atoms with van der Waals surface area (Å²) in [5, 5.41) is 2.49. The van der Waals surface area contributed by atoms with Crippen molar-refractivity contribution in [3.05, 3.63) is 292 Å². The Kier molecular flexibility index (Phi) is 28.4. The van der Waals surface area contributed by atoms with E-state index in [1.54, 1.807) is 81.1 Å². The smallest absolute Gasteiger partial charge is 0.280 e. The van der Waals surface area contributed by atoms with Gasteiger partial charge in [-0.2, -0.15) is 0 Å². The number of hydrogen-bond donors (Lipinski definition) is 4. The fourth-order valence-corrected chi connectivity index (χ4v) is 18.5. The van der Waals surface area contributed by atoms with E-state index in [0.29, 0.717) is 108 Å². The number of nitrogens with one attached hydrogen (secondary N) is 4. The highest BCUT2D eigenvalue weighted by molar-refractivity contribution is 7.93. The van der Waals surface area contributed by atoms with Gasteiger partial charge < -0.3 is 23.8 Å². The number of ether oxygens (including phenoxy) is 4. The number of halogens is 8. The number of fused-ring (bicyclic) bond motifs is 4. The number of rotatable bonds is 16. The van der Waals surface area contributed by atoms with Gasteiger partial charge in [0.15, 0.2) is 45.9 Å². The van der Waals surface area contributed by atoms with Crippen LogP contribution < -0.4 is 57.4 Å². The topological polar surface area (TPSA) is 380 Å². The lowest BCUT2D eigenvalue weighted by Crippen LogP contribution is -2.45. The van der Waals surface area contributed by atoms with Crippen LogP contribution in [0.2, 0.25) is 40.2 Å². The third-order valence-corrected chi connectivity index (χ3v) is 27.1. The molecule has 12 aromatic rings. The number of nitrogens with zero attached hydrogens (tertiary/aromatic N) is 10. The Morgan fingerprint density at radius 3 is 1.03 bits per heavy atom. The molecule has 1 atom stereocenters. The third-order valence-electron chi connectivity index (χ3n) is 19.1. The number of aromatic nitrogens is 6. The van der Waals surface area contributed by atoms with Gasteiger partial charge in [0.05, 0.1) is 99.5 Å². The lowest BCUT2D eigenvalue weighted by molar-refractivity contribution is 0.0952. The Morgan fingerprint density at radius 2 is 0.667 bits per heavy atom. The molecule has 0 aliphatic carbocycles. The number of carbonyl (C=O) groups is 4. The van der Waals surface area contributed by atoms with E-state index in [0.717, 1.165) is 5.56 Å². The standard InChI is InChI=1S/2C22H19Cl2N3O4S.2C20H16Cl2N4O4S/c1-13-3-6-20-19(9-13)27(7-8-31-20)22(28)21-18(11-15(23)12-25-21)26-32(29,30)16-4-5-17(24)14(2)10-16;1-13-9-16(7-8-17(13)24)32(29,30)26-18-10-15(23)11-25-21(18)22(28)27-14(2)12-31-20-6-4-3-5-19(20)27;2*1-12-9-14(4-5-15(12)22)31(28,29)25-16-10-13(21)11-24-18(16)20(27)26-7-8-30-17-3-2-6-23-19(17)26/h3-6,9-12,26H,7-8H2,1-2H3;3-11,14,26H,12H2,1-2H3;2*2-6,9-11,25H,7-8H2,1H3. The molecule has 4 N–H and O–H groups in total. The first-order chi connectivity index (χ1) is 59.8. The van der Waals surface area contributed by atoms with Crippen LogP contribution >= 0.6 is 92.8 Å². The molecule has 4 aliphatic rings. The Hall–Kier alpha value is -11.4. The molecule has 6 aromatic carbocycles. The summed E-state index contributed by atoms with van der Waals surface area (Å²) < 4.78 is 136. The average Bonchev–Trinajstić information content (AvgIpc) is 0.784. The van der Waals surface area contributed by atoms with E-state index in [4.69, 9.17) is 112 Å². The molecule has 0 saturated heterocycles. The van der Waals surface area contributed by atoms with Crippen molar-refractivity contribution in [3.63, 3.8) is 0 Å². The van der Waals surface area contributed by atoms with Gasteiger partial charge in [0.25, 0.3) is 63.7 Å². The zero-order valence-corrected chi connectivity index (χ0v) is 76.1. The van der Waals surface area contributed by atoms with Gasteiger partial charge in [0.1, 0.15) is 37.9 Å². The minimum atomic E-state index is -4.03. The molecule has 4 amide bonds. The quantitative estimate of drug-likeness (QED) is 0.0698. The largest absolute Gasteiger partial charge is 0.490 e. The number of pyridine rings is 6. The first-order valence-corrected chi connectivity index (χ1v) is 46.5. The summed E-state index contributed by atoms with van der Waals surface area (Å²) in [6.07, 6.45) is 8.23. The maximum Gasteiger partial charge on any atom is 0.280 e. The zero-order valence-electron chi connectivity index (χ0n) is 66.7. The summed E-state index contributed by atoms with van der Waals surface area (Å²) in [7, 11) is -16.1. The molecule has 30 nitrogen and oxygen atoms in total. The van der Waals surface area contributed by atoms with Gasteiger partial charge in [-0.05, 0) is 215 Å². The van der Waals surface area contributed by atoms with Crippen molar-refractivity contribution >= 4 is 202 Å². The predicted molar refractivity (Wildman–Crippen MR) is 484 cm³/mol. The molecule has 42 heteroatoms. The maximum atomic E-state index is 13.5. The number of hydrogen-bond acceptors (Lipinski definition) is 22. The van der Waals surface area contributed by atoms with Gasteiger partial charge in [-0.3, -0.25) is 52.8 Å². The molecule has 0 saturated carbocycles. The van der Waals surface area contributed by atoms with Crippen molar-refractivity contribution < 1.29 is 71.8 Å². The second-order valence-corrected chi connectivity index (χ2v) is 38.2. The molecular weight excluding hydrogens is 1870 g/mol. The van der Waals surface area contributed by atoms with Gasteiger partial charge >= 0.3 is 0 Å². The molecule has 10 heterocycles. The van der Waals surface area contributed by atoms with Gasteiger partial charge in [-0.1, -0.05) is 111 Å². The van der Waals surface area contributed by atoms with Crippen LogP contribution in [0.5, 0.6) is 23.0 Å². The number of para-hydroxylation sites is 2. The van der Waals surface area contributed by atoms with E-state index in [2.05, 4.69) is 48.8 Å². The van der Waals surface area contributed by atoms with Crippen LogP contribution in [-0.2, 0) is 40.1 Å². The van der Waals surface area contributed by atoms with Crippen molar-refractivity contribution in [1.29, 1.82) is 0 Å². The summed E-state index contributed by atoms with van der Waals surface area (Å²) in [5.41, 5.74) is 4.03. The van der Waals surface area contributed by atoms with Gasteiger partial charge in [-0.15, -0.1) is 0 Å². The first kappa shape index (κ1) is 92.3. The number of anilines is 8. The monoisotopic (exact) mass is 1940 g/mol. The number of carbonyl (C=O) groups excluding carboxylic acids is 4. The first-order valence-electron chi connectivity index (χ1n) is 37.5. The molecule has 0 fully saturated rings. The average molecular weight is 1940 g/mol. The second-order valence-electron chi connectivity index (χ2n) is 28.1. The van der Waals surface area contributed by atoms with Crippen LogP contribution in [0.3, 0.4) is 0 Å². The molecule has 0 bridgehead atoms. The fraction of sp³-hybridized carbons (Fsp3) is 0.167. The SMILES string of the molecule is Cc1cc(S(=O)(=O)Nc2cc(Cl)cnc2C(=O)N2CCOc3cccnc32)ccc1Cl.Cc1cc(S(=O)(=O)Nc2cc(Cl)cnc2C(=O)N2CCOc3cccnc32)ccc1Cl.Cc1cc(S(=O)(=O)Nc2cc(Cl)cnc2C(=O)N2c3ccccc3OCC2C)ccc1Cl.Cc1ccc2c(c1)N(C(=O)c1ncc(Cl)cc1NS(=O)(=O)c1ccc(Cl)c(C)c1)CCO2. The van der Waals surface area contributed by atoms with Crippen molar-refractivity contribution in [3.8, 4) is 23.0 Å². The van der Waals surface area contributed by atoms with Crippen molar-refractivity contribution in [1.82, 2.24) is 29.9 Å². The highest BCUT2D eigenvalue weighted by atomic mass is 35.5. The van der Waals surface area contributed by atoms with Crippen LogP contribution in [0, 0.1) is 34.6 Å². The summed E-state index contributed by atoms with van der Waals surface area (Å²) in [5.74, 6) is 0.682. The van der Waals surface area contributed by atoms with E-state index >= 15 is 0 Å². The maximum absolute atomic E-state index is 13.5.